The highest BCUT2D eigenvalue weighted by molar-refractivity contribution is 5.97. The Labute approximate surface area is 269 Å². The Morgan fingerprint density at radius 1 is 0.851 bits per heavy atom. The van der Waals surface area contributed by atoms with E-state index in [2.05, 4.69) is 15.6 Å². The number of benzene rings is 3. The number of nitrogens with zero attached hydrogens (tertiary/aromatic N) is 3. The number of nitrogens with one attached hydrogen (secondary N) is 2. The quantitative estimate of drug-likeness (QED) is 0.196. The minimum Gasteiger partial charge on any atom is -0.457 e. The van der Waals surface area contributed by atoms with Gasteiger partial charge in [-0.05, 0) is 66.2 Å². The maximum atomic E-state index is 13.5. The second-order valence-corrected chi connectivity index (χ2v) is 10.8. The molecular formula is C34H33F4N5O4. The molecule has 3 aromatic carbocycles. The van der Waals surface area contributed by atoms with Gasteiger partial charge in [-0.1, -0.05) is 30.3 Å². The lowest BCUT2D eigenvalue weighted by atomic mass is 10.2. The molecule has 9 nitrogen and oxygen atoms in total. The highest BCUT2D eigenvalue weighted by Gasteiger charge is 2.36. The lowest BCUT2D eigenvalue weighted by Crippen LogP contribution is -2.53. The Bertz CT molecular complexity index is 1610. The van der Waals surface area contributed by atoms with Crippen LogP contribution in [0.2, 0.25) is 0 Å². The second kappa shape index (κ2) is 15.5. The smallest absolute Gasteiger partial charge is 0.419 e. The normalized spacial score (nSPS) is 14.3. The number of aromatic nitrogens is 1. The zero-order valence-corrected chi connectivity index (χ0v) is 25.3. The third-order valence-corrected chi connectivity index (χ3v) is 7.35. The molecule has 2 N–H and O–H groups in total. The summed E-state index contributed by atoms with van der Waals surface area (Å²) >= 11 is 0. The molecule has 5 rings (SSSR count). The van der Waals surface area contributed by atoms with E-state index in [-0.39, 0.29) is 44.5 Å². The van der Waals surface area contributed by atoms with Gasteiger partial charge in [-0.15, -0.1) is 0 Å². The van der Waals surface area contributed by atoms with E-state index in [1.54, 1.807) is 29.2 Å². The summed E-state index contributed by atoms with van der Waals surface area (Å²) in [6, 6.07) is 22.7. The van der Waals surface area contributed by atoms with Crippen molar-refractivity contribution >= 4 is 23.3 Å². The average Bonchev–Trinajstić information content (AvgIpc) is 3.06. The van der Waals surface area contributed by atoms with Gasteiger partial charge in [0.1, 0.15) is 29.2 Å². The summed E-state index contributed by atoms with van der Waals surface area (Å²) in [5.74, 6) is -0.520. The third-order valence-electron chi connectivity index (χ3n) is 7.35. The number of anilines is 2. The first kappa shape index (κ1) is 33.4. The number of amides is 2. The van der Waals surface area contributed by atoms with Gasteiger partial charge in [0.25, 0.3) is 0 Å². The van der Waals surface area contributed by atoms with Crippen LogP contribution in [0, 0.1) is 5.82 Å². The number of carbonyl (C=O) groups excluding carboxylic acids is 2. The van der Waals surface area contributed by atoms with Crippen LogP contribution in [0.15, 0.2) is 97.2 Å². The lowest BCUT2D eigenvalue weighted by molar-refractivity contribution is -0.137. The first-order chi connectivity index (χ1) is 22.6. The highest BCUT2D eigenvalue weighted by Crippen LogP contribution is 2.35. The molecule has 4 aromatic rings. The van der Waals surface area contributed by atoms with E-state index in [1.807, 2.05) is 35.2 Å². The van der Waals surface area contributed by atoms with Crippen molar-refractivity contribution in [1.29, 1.82) is 0 Å². The van der Waals surface area contributed by atoms with Crippen molar-refractivity contribution in [3.8, 4) is 11.5 Å². The standard InChI is InChI=1S/C34H33F4N5O4/c35-25-8-12-27(13-9-25)47-28-14-10-26(11-15-28)40-33(45)30(23-46-22-24-5-2-1-3-6-24)41-31(44)21-42-17-19-43(20-18-42)32-29(34(36,37)38)7-4-16-39-32/h1-16,30H,17-23H2,(H,40,45)(H,41,44)/t30-/m0/s1. The number of pyridine rings is 1. The number of halogens is 4. The predicted octanol–water partition coefficient (Wildman–Crippen LogP) is 5.49. The Hall–Kier alpha value is -5.01. The molecule has 1 saturated heterocycles. The fourth-order valence-corrected chi connectivity index (χ4v) is 4.96. The van der Waals surface area contributed by atoms with Crippen LogP contribution < -0.4 is 20.3 Å². The molecule has 0 unspecified atom stereocenters. The van der Waals surface area contributed by atoms with Gasteiger partial charge >= 0.3 is 6.18 Å². The topological polar surface area (TPSA) is 96.0 Å². The van der Waals surface area contributed by atoms with Crippen molar-refractivity contribution in [3.05, 3.63) is 114 Å². The molecule has 0 saturated carbocycles. The van der Waals surface area contributed by atoms with Crippen LogP contribution in [0.3, 0.4) is 0 Å². The van der Waals surface area contributed by atoms with Crippen LogP contribution in [0.4, 0.5) is 29.1 Å². The van der Waals surface area contributed by atoms with Gasteiger partial charge in [-0.3, -0.25) is 14.5 Å². The Morgan fingerprint density at radius 2 is 1.51 bits per heavy atom. The molecule has 0 aliphatic carbocycles. The number of alkyl halides is 3. The zero-order valence-electron chi connectivity index (χ0n) is 25.3. The summed E-state index contributed by atoms with van der Waals surface area (Å²) in [6.07, 6.45) is -3.20. The van der Waals surface area contributed by atoms with Crippen molar-refractivity contribution in [1.82, 2.24) is 15.2 Å². The maximum absolute atomic E-state index is 13.5. The molecular weight excluding hydrogens is 618 g/mol. The van der Waals surface area contributed by atoms with Crippen molar-refractivity contribution in [3.63, 3.8) is 0 Å². The molecule has 1 fully saturated rings. The maximum Gasteiger partial charge on any atom is 0.419 e. The Balaban J connectivity index is 1.17. The van der Waals surface area contributed by atoms with Crippen LogP contribution in [0.1, 0.15) is 11.1 Å². The lowest BCUT2D eigenvalue weighted by Gasteiger charge is -2.36. The van der Waals surface area contributed by atoms with Gasteiger partial charge < -0.3 is 25.0 Å². The zero-order chi connectivity index (χ0) is 33.2. The molecule has 1 aromatic heterocycles. The summed E-state index contributed by atoms with van der Waals surface area (Å²) in [5, 5.41) is 5.53. The van der Waals surface area contributed by atoms with Gasteiger partial charge in [0.05, 0.1) is 25.3 Å². The fourth-order valence-electron chi connectivity index (χ4n) is 4.96. The summed E-state index contributed by atoms with van der Waals surface area (Å²) in [4.78, 5) is 33.7. The summed E-state index contributed by atoms with van der Waals surface area (Å²) in [5.41, 5.74) is 0.549. The number of piperazine rings is 1. The number of hydrogen-bond acceptors (Lipinski definition) is 7. The van der Waals surface area contributed by atoms with Gasteiger partial charge in [0.15, 0.2) is 0 Å². The molecule has 2 heterocycles. The van der Waals surface area contributed by atoms with E-state index in [4.69, 9.17) is 9.47 Å². The molecule has 1 aliphatic heterocycles. The fraction of sp³-hybridized carbons (Fsp3) is 0.265. The van der Waals surface area contributed by atoms with Crippen molar-refractivity contribution in [2.75, 3.05) is 49.5 Å². The first-order valence-electron chi connectivity index (χ1n) is 14.9. The monoisotopic (exact) mass is 651 g/mol. The minimum atomic E-state index is -4.53. The predicted molar refractivity (Wildman–Crippen MR) is 167 cm³/mol. The summed E-state index contributed by atoms with van der Waals surface area (Å²) in [7, 11) is 0. The summed E-state index contributed by atoms with van der Waals surface area (Å²) in [6.45, 7) is 1.22. The van der Waals surface area contributed by atoms with E-state index in [9.17, 15) is 27.2 Å². The van der Waals surface area contributed by atoms with Crippen molar-refractivity contribution in [2.24, 2.45) is 0 Å². The van der Waals surface area contributed by atoms with Crippen LogP contribution in [-0.2, 0) is 27.1 Å². The first-order valence-corrected chi connectivity index (χ1v) is 14.9. The van der Waals surface area contributed by atoms with Gasteiger partial charge in [0, 0.05) is 38.1 Å². The van der Waals surface area contributed by atoms with Gasteiger partial charge in [-0.25, -0.2) is 9.37 Å². The number of carbonyl (C=O) groups is 2. The Morgan fingerprint density at radius 3 is 2.17 bits per heavy atom. The van der Waals surface area contributed by atoms with Gasteiger partial charge in [0.2, 0.25) is 11.8 Å². The van der Waals surface area contributed by atoms with Crippen molar-refractivity contribution in [2.45, 2.75) is 18.8 Å². The molecule has 1 atom stereocenters. The molecule has 47 heavy (non-hydrogen) atoms. The van der Waals surface area contributed by atoms with E-state index in [0.29, 0.717) is 30.3 Å². The van der Waals surface area contributed by atoms with Crippen molar-refractivity contribution < 1.29 is 36.6 Å². The average molecular weight is 652 g/mol. The minimum absolute atomic E-state index is 0.0555. The molecule has 246 valence electrons. The SMILES string of the molecule is O=C(CN1CCN(c2ncccc2C(F)(F)F)CC1)N[C@@H](COCc1ccccc1)C(=O)Nc1ccc(Oc2ccc(F)cc2)cc1. The van der Waals surface area contributed by atoms with Crippen LogP contribution in [-0.4, -0.2) is 67.1 Å². The molecule has 0 spiro atoms. The number of hydrogen-bond donors (Lipinski definition) is 2. The van der Waals surface area contributed by atoms with Crippen LogP contribution in [0.5, 0.6) is 11.5 Å². The molecule has 0 bridgehead atoms. The number of rotatable bonds is 12. The number of ether oxygens (including phenoxy) is 2. The molecule has 13 heteroatoms. The Kier molecular flexibility index (Phi) is 11.0. The molecule has 1 aliphatic rings. The van der Waals surface area contributed by atoms with E-state index < -0.39 is 29.6 Å². The third kappa shape index (κ3) is 9.74. The van der Waals surface area contributed by atoms with Gasteiger partial charge in [-0.2, -0.15) is 13.2 Å². The summed E-state index contributed by atoms with van der Waals surface area (Å²) < 4.78 is 65.1. The van der Waals surface area contributed by atoms with E-state index in [0.717, 1.165) is 11.6 Å². The highest BCUT2D eigenvalue weighted by atomic mass is 19.4. The van der Waals surface area contributed by atoms with Crippen LogP contribution >= 0.6 is 0 Å². The van der Waals surface area contributed by atoms with E-state index >= 15 is 0 Å². The van der Waals surface area contributed by atoms with Crippen LogP contribution in [0.25, 0.3) is 0 Å². The molecule has 2 amide bonds. The second-order valence-electron chi connectivity index (χ2n) is 10.8. The van der Waals surface area contributed by atoms with E-state index in [1.165, 1.54) is 36.5 Å². The molecule has 0 radical (unpaired) electrons. The largest absolute Gasteiger partial charge is 0.457 e.